The van der Waals surface area contributed by atoms with Crippen molar-refractivity contribution in [3.8, 4) is 0 Å². The molecule has 1 aliphatic heterocycles. The molecule has 0 bridgehead atoms. The zero-order valence-corrected chi connectivity index (χ0v) is 16.4. The number of aromatic amines is 1. The maximum absolute atomic E-state index is 14.2. The number of halogens is 4. The summed E-state index contributed by atoms with van der Waals surface area (Å²) in [5.41, 5.74) is -1.39. The van der Waals surface area contributed by atoms with Gasteiger partial charge in [0.15, 0.2) is 11.5 Å². The Morgan fingerprint density at radius 3 is 2.50 bits per heavy atom. The lowest BCUT2D eigenvalue weighted by Gasteiger charge is -2.34. The number of piperidine rings is 1. The van der Waals surface area contributed by atoms with Crippen LogP contribution in [0.3, 0.4) is 0 Å². The van der Waals surface area contributed by atoms with Gasteiger partial charge in [-0.05, 0) is 43.6 Å². The highest BCUT2D eigenvalue weighted by Crippen LogP contribution is 2.53. The lowest BCUT2D eigenvalue weighted by atomic mass is 9.93. The van der Waals surface area contributed by atoms with Gasteiger partial charge >= 0.3 is 6.18 Å². The van der Waals surface area contributed by atoms with Gasteiger partial charge in [0.05, 0.1) is 11.7 Å². The van der Waals surface area contributed by atoms with Crippen molar-refractivity contribution in [3.63, 3.8) is 0 Å². The summed E-state index contributed by atoms with van der Waals surface area (Å²) in [5, 5.41) is 2.23. The highest BCUT2D eigenvalue weighted by Gasteiger charge is 2.45. The molecule has 4 rings (SSSR count). The van der Waals surface area contributed by atoms with Crippen molar-refractivity contribution in [1.82, 2.24) is 20.2 Å². The van der Waals surface area contributed by atoms with E-state index >= 15 is 0 Å². The SMILES string of the molecule is CC[C@H](NC(=O)c1cc2c(F)c(C(F)(F)F)ncc2[nH]1)C(=O)N1CCC2(CC1)CC2. The van der Waals surface area contributed by atoms with E-state index < -0.39 is 29.6 Å². The highest BCUT2D eigenvalue weighted by molar-refractivity contribution is 6.00. The summed E-state index contributed by atoms with van der Waals surface area (Å²) < 4.78 is 52.7. The normalized spacial score (nSPS) is 19.2. The molecule has 0 radical (unpaired) electrons. The van der Waals surface area contributed by atoms with Crippen molar-refractivity contribution in [1.29, 1.82) is 0 Å². The van der Waals surface area contributed by atoms with Gasteiger partial charge in [-0.3, -0.25) is 9.59 Å². The van der Waals surface area contributed by atoms with Crippen molar-refractivity contribution in [3.05, 3.63) is 29.5 Å². The third-order valence-electron chi connectivity index (χ3n) is 6.23. The van der Waals surface area contributed by atoms with Crippen molar-refractivity contribution < 1.29 is 27.2 Å². The Labute approximate surface area is 170 Å². The van der Waals surface area contributed by atoms with Crippen molar-refractivity contribution in [2.24, 2.45) is 5.41 Å². The molecule has 1 aliphatic carbocycles. The van der Waals surface area contributed by atoms with Crippen molar-refractivity contribution >= 4 is 22.7 Å². The van der Waals surface area contributed by atoms with Crippen LogP contribution < -0.4 is 5.32 Å². The number of nitrogens with zero attached hydrogens (tertiary/aromatic N) is 2. The lowest BCUT2D eigenvalue weighted by molar-refractivity contribution is -0.143. The van der Waals surface area contributed by atoms with Crippen LogP contribution in [0.25, 0.3) is 10.9 Å². The molecule has 2 fully saturated rings. The maximum Gasteiger partial charge on any atom is 0.436 e. The number of H-pyrrole nitrogens is 1. The number of alkyl halides is 3. The average molecular weight is 426 g/mol. The third-order valence-corrected chi connectivity index (χ3v) is 6.23. The molecular formula is C20H22F4N4O2. The predicted octanol–water partition coefficient (Wildman–Crippen LogP) is 3.63. The summed E-state index contributed by atoms with van der Waals surface area (Å²) >= 11 is 0. The Kier molecular flexibility index (Phi) is 4.98. The highest BCUT2D eigenvalue weighted by atomic mass is 19.4. The summed E-state index contributed by atoms with van der Waals surface area (Å²) in [5.74, 6) is -2.40. The molecule has 10 heteroatoms. The second-order valence-electron chi connectivity index (χ2n) is 8.19. The van der Waals surface area contributed by atoms with Crippen LogP contribution in [0.1, 0.15) is 55.2 Å². The molecule has 1 saturated carbocycles. The standard InChI is InChI=1S/C20H22F4N4O2/c1-2-12(18(30)28-7-5-19(3-4-19)6-8-28)27-17(29)13-9-11-14(26-13)10-25-16(15(11)21)20(22,23)24/h9-10,12,26H,2-8H2,1H3,(H,27,29)/t12-/m0/s1. The number of carbonyl (C=O) groups is 2. The van der Waals surface area contributed by atoms with Gasteiger partial charge in [0.1, 0.15) is 11.7 Å². The number of likely N-dealkylation sites (tertiary alicyclic amines) is 1. The first kappa shape index (κ1) is 20.6. The molecule has 2 amide bonds. The zero-order chi connectivity index (χ0) is 21.7. The molecule has 2 aromatic rings. The van der Waals surface area contributed by atoms with Crippen LogP contribution in [0.2, 0.25) is 0 Å². The van der Waals surface area contributed by atoms with E-state index in [1.807, 2.05) is 0 Å². The molecule has 0 aromatic carbocycles. The molecule has 162 valence electrons. The van der Waals surface area contributed by atoms with Crippen LogP contribution in [0.5, 0.6) is 0 Å². The minimum absolute atomic E-state index is 0.0317. The van der Waals surface area contributed by atoms with E-state index in [1.165, 1.54) is 12.8 Å². The first-order valence-electron chi connectivity index (χ1n) is 9.97. The van der Waals surface area contributed by atoms with Crippen LogP contribution in [0, 0.1) is 11.2 Å². The van der Waals surface area contributed by atoms with Crippen LogP contribution in [0.15, 0.2) is 12.3 Å². The number of amides is 2. The van der Waals surface area contributed by atoms with Gasteiger partial charge in [-0.15, -0.1) is 0 Å². The Bertz CT molecular complexity index is 987. The average Bonchev–Trinajstić information content (AvgIpc) is 3.29. The van der Waals surface area contributed by atoms with Gasteiger partial charge in [-0.25, -0.2) is 9.37 Å². The van der Waals surface area contributed by atoms with Crippen LogP contribution in [0.4, 0.5) is 17.6 Å². The summed E-state index contributed by atoms with van der Waals surface area (Å²) in [6.45, 7) is 3.09. The number of carbonyl (C=O) groups excluding carboxylic acids is 2. The van der Waals surface area contributed by atoms with Crippen molar-refractivity contribution in [2.75, 3.05) is 13.1 Å². The molecule has 2 aromatic heterocycles. The minimum Gasteiger partial charge on any atom is -0.349 e. The van der Waals surface area contributed by atoms with Gasteiger partial charge in [-0.2, -0.15) is 13.2 Å². The number of nitrogens with one attached hydrogen (secondary N) is 2. The van der Waals surface area contributed by atoms with Crippen LogP contribution >= 0.6 is 0 Å². The Hall–Kier alpha value is -2.65. The smallest absolute Gasteiger partial charge is 0.349 e. The summed E-state index contributed by atoms with van der Waals surface area (Å²) in [4.78, 5) is 32.9. The molecule has 1 saturated heterocycles. The molecule has 1 atom stereocenters. The molecule has 2 N–H and O–H groups in total. The number of hydrogen-bond donors (Lipinski definition) is 2. The van der Waals surface area contributed by atoms with E-state index in [1.54, 1.807) is 11.8 Å². The molecule has 1 spiro atoms. The third kappa shape index (κ3) is 3.75. The largest absolute Gasteiger partial charge is 0.436 e. The number of rotatable bonds is 4. The van der Waals surface area contributed by atoms with Gasteiger partial charge in [0, 0.05) is 18.5 Å². The fourth-order valence-corrected chi connectivity index (χ4v) is 4.06. The van der Waals surface area contributed by atoms with E-state index in [2.05, 4.69) is 15.3 Å². The van der Waals surface area contributed by atoms with Gasteiger partial charge in [0.2, 0.25) is 5.91 Å². The number of hydrogen-bond acceptors (Lipinski definition) is 3. The lowest BCUT2D eigenvalue weighted by Crippen LogP contribution is -2.50. The predicted molar refractivity (Wildman–Crippen MR) is 100 cm³/mol. The van der Waals surface area contributed by atoms with E-state index in [0.29, 0.717) is 24.9 Å². The van der Waals surface area contributed by atoms with Crippen molar-refractivity contribution in [2.45, 2.75) is 51.2 Å². The Balaban J connectivity index is 1.48. The number of pyridine rings is 1. The first-order valence-corrected chi connectivity index (χ1v) is 9.97. The first-order chi connectivity index (χ1) is 14.1. The summed E-state index contributed by atoms with van der Waals surface area (Å²) in [7, 11) is 0. The second kappa shape index (κ2) is 7.24. The van der Waals surface area contributed by atoms with E-state index in [-0.39, 0.29) is 22.5 Å². The van der Waals surface area contributed by atoms with Gasteiger partial charge in [-0.1, -0.05) is 6.92 Å². The maximum atomic E-state index is 14.2. The van der Waals surface area contributed by atoms with E-state index in [9.17, 15) is 27.2 Å². The molecule has 3 heterocycles. The molecule has 6 nitrogen and oxygen atoms in total. The van der Waals surface area contributed by atoms with E-state index in [4.69, 9.17) is 0 Å². The van der Waals surface area contributed by atoms with Gasteiger partial charge < -0.3 is 15.2 Å². The fourth-order valence-electron chi connectivity index (χ4n) is 4.06. The molecule has 2 aliphatic rings. The number of fused-ring (bicyclic) bond motifs is 1. The molecule has 30 heavy (non-hydrogen) atoms. The quantitative estimate of drug-likeness (QED) is 0.733. The van der Waals surface area contributed by atoms with Gasteiger partial charge in [0.25, 0.3) is 5.91 Å². The Morgan fingerprint density at radius 2 is 1.93 bits per heavy atom. The minimum atomic E-state index is -4.94. The number of aromatic nitrogens is 2. The molecular weight excluding hydrogens is 404 g/mol. The topological polar surface area (TPSA) is 78.1 Å². The summed E-state index contributed by atoms with van der Waals surface area (Å²) in [6, 6.07) is 0.247. The molecule has 0 unspecified atom stereocenters. The fraction of sp³-hybridized carbons (Fsp3) is 0.550. The zero-order valence-electron chi connectivity index (χ0n) is 16.4. The monoisotopic (exact) mass is 426 g/mol. The second-order valence-corrected chi connectivity index (χ2v) is 8.19. The van der Waals surface area contributed by atoms with E-state index in [0.717, 1.165) is 25.1 Å². The Morgan fingerprint density at radius 1 is 1.27 bits per heavy atom. The van der Waals surface area contributed by atoms with Crippen LogP contribution in [-0.4, -0.2) is 45.8 Å². The van der Waals surface area contributed by atoms with Crippen LogP contribution in [-0.2, 0) is 11.0 Å². The summed E-state index contributed by atoms with van der Waals surface area (Å²) in [6.07, 6.45) is 0.626.